The van der Waals surface area contributed by atoms with E-state index in [9.17, 15) is 14.2 Å². The molecule has 0 fully saturated rings. The molecule has 2 N–H and O–H groups in total. The van der Waals surface area contributed by atoms with E-state index in [0.29, 0.717) is 13.0 Å². The van der Waals surface area contributed by atoms with Crippen LogP contribution in [0.1, 0.15) is 31.2 Å². The maximum atomic E-state index is 11.5. The fraction of sp³-hybridized carbons (Fsp3) is 0.500. The molecular formula is C16H23NO6P+. The number of ether oxygens (including phenoxy) is 1. The SMILES string of the molecule is O=C(O)C[P+](=O)OCCCCCCNC(=O)OCc1ccccc1. The molecule has 0 spiro atoms. The number of hydrogen-bond acceptors (Lipinski definition) is 5. The van der Waals surface area contributed by atoms with Gasteiger partial charge in [0.15, 0.2) is 0 Å². The van der Waals surface area contributed by atoms with Crippen LogP contribution in [0, 0.1) is 0 Å². The first-order valence-corrected chi connectivity index (χ1v) is 9.18. The van der Waals surface area contributed by atoms with Crippen LogP contribution in [0.3, 0.4) is 0 Å². The van der Waals surface area contributed by atoms with Crippen molar-refractivity contribution in [2.24, 2.45) is 0 Å². The Morgan fingerprint density at radius 1 is 1.08 bits per heavy atom. The molecule has 8 heteroatoms. The van der Waals surface area contributed by atoms with Gasteiger partial charge in [0.25, 0.3) is 6.16 Å². The molecule has 1 aromatic rings. The van der Waals surface area contributed by atoms with Crippen LogP contribution in [0.4, 0.5) is 4.79 Å². The summed E-state index contributed by atoms with van der Waals surface area (Å²) in [4.78, 5) is 21.8. The monoisotopic (exact) mass is 356 g/mol. The Bertz CT molecular complexity index is 523. The molecule has 0 saturated heterocycles. The molecule has 0 aromatic heterocycles. The van der Waals surface area contributed by atoms with Crippen molar-refractivity contribution in [2.75, 3.05) is 19.3 Å². The van der Waals surface area contributed by atoms with E-state index in [0.717, 1.165) is 24.8 Å². The van der Waals surface area contributed by atoms with E-state index >= 15 is 0 Å². The number of rotatable bonds is 12. The van der Waals surface area contributed by atoms with Crippen LogP contribution < -0.4 is 5.32 Å². The summed E-state index contributed by atoms with van der Waals surface area (Å²) in [7, 11) is -2.10. The Hall–Kier alpha value is -1.98. The zero-order chi connectivity index (χ0) is 17.6. The van der Waals surface area contributed by atoms with E-state index in [1.54, 1.807) is 0 Å². The number of carbonyl (C=O) groups is 2. The van der Waals surface area contributed by atoms with Gasteiger partial charge in [-0.2, -0.15) is 0 Å². The quantitative estimate of drug-likeness (QED) is 0.440. The van der Waals surface area contributed by atoms with Crippen molar-refractivity contribution in [2.45, 2.75) is 32.3 Å². The Balaban J connectivity index is 1.92. The number of benzene rings is 1. The number of hydrogen-bond donors (Lipinski definition) is 2. The summed E-state index contributed by atoms with van der Waals surface area (Å²) in [6, 6.07) is 9.45. The number of amides is 1. The van der Waals surface area contributed by atoms with Gasteiger partial charge in [-0.3, -0.25) is 0 Å². The van der Waals surface area contributed by atoms with Gasteiger partial charge in [-0.05, 0) is 23.0 Å². The maximum Gasteiger partial charge on any atom is 0.520 e. The number of alkyl carbamates (subject to hydrolysis) is 1. The Morgan fingerprint density at radius 2 is 1.79 bits per heavy atom. The molecule has 132 valence electrons. The number of carboxylic acids is 1. The molecule has 1 unspecified atom stereocenters. The number of carboxylic acid groups (broad SMARTS) is 1. The van der Waals surface area contributed by atoms with Crippen LogP contribution in [-0.2, 0) is 25.2 Å². The second kappa shape index (κ2) is 12.4. The lowest BCUT2D eigenvalue weighted by molar-refractivity contribution is -0.134. The Morgan fingerprint density at radius 3 is 2.50 bits per heavy atom. The molecule has 1 aromatic carbocycles. The first kappa shape index (κ1) is 20.1. The van der Waals surface area contributed by atoms with Crippen LogP contribution >= 0.6 is 8.03 Å². The normalized spacial score (nSPS) is 10.9. The van der Waals surface area contributed by atoms with Crippen LogP contribution in [0.15, 0.2) is 30.3 Å². The lowest BCUT2D eigenvalue weighted by Crippen LogP contribution is -2.25. The summed E-state index contributed by atoms with van der Waals surface area (Å²) in [5.74, 6) is -1.12. The average molecular weight is 356 g/mol. The minimum absolute atomic E-state index is 0.249. The lowest BCUT2D eigenvalue weighted by Gasteiger charge is -2.06. The van der Waals surface area contributed by atoms with Crippen molar-refractivity contribution in [3.05, 3.63) is 35.9 Å². The van der Waals surface area contributed by atoms with E-state index < -0.39 is 26.3 Å². The highest BCUT2D eigenvalue weighted by Crippen LogP contribution is 2.21. The standard InChI is InChI=1S/C16H22NO6P/c18-15(19)13-24(21)23-11-7-2-1-6-10-17-16(20)22-12-14-8-4-3-5-9-14/h3-5,8-9H,1-2,6-7,10-13H2,(H-,17,18,19,20)/p+1. The summed E-state index contributed by atoms with van der Waals surface area (Å²) in [6.07, 6.45) is 2.37. The van der Waals surface area contributed by atoms with Crippen molar-refractivity contribution in [3.8, 4) is 0 Å². The van der Waals surface area contributed by atoms with Crippen LogP contribution in [0.2, 0.25) is 0 Å². The molecule has 0 aliphatic heterocycles. The number of aliphatic carboxylic acids is 1. The minimum atomic E-state index is -2.10. The van der Waals surface area contributed by atoms with Crippen molar-refractivity contribution in [1.29, 1.82) is 0 Å². The van der Waals surface area contributed by atoms with E-state index in [2.05, 4.69) is 5.32 Å². The zero-order valence-corrected chi connectivity index (χ0v) is 14.4. The molecule has 0 radical (unpaired) electrons. The van der Waals surface area contributed by atoms with Crippen molar-refractivity contribution >= 4 is 20.1 Å². The van der Waals surface area contributed by atoms with E-state index in [4.69, 9.17) is 14.4 Å². The fourth-order valence-corrected chi connectivity index (χ4v) is 2.51. The number of carbonyl (C=O) groups excluding carboxylic acids is 1. The van der Waals surface area contributed by atoms with Crippen molar-refractivity contribution in [3.63, 3.8) is 0 Å². The predicted molar refractivity (Wildman–Crippen MR) is 89.2 cm³/mol. The largest absolute Gasteiger partial charge is 0.520 e. The highest BCUT2D eigenvalue weighted by Gasteiger charge is 2.21. The van der Waals surface area contributed by atoms with Gasteiger partial charge in [-0.1, -0.05) is 43.2 Å². The fourth-order valence-electron chi connectivity index (χ4n) is 1.87. The highest BCUT2D eigenvalue weighted by atomic mass is 31.1. The minimum Gasteiger partial charge on any atom is -0.478 e. The third-order valence-electron chi connectivity index (χ3n) is 3.05. The molecule has 0 aliphatic rings. The second-order valence-electron chi connectivity index (χ2n) is 5.12. The van der Waals surface area contributed by atoms with Gasteiger partial charge in [0.1, 0.15) is 13.2 Å². The van der Waals surface area contributed by atoms with E-state index in [1.165, 1.54) is 0 Å². The highest BCUT2D eigenvalue weighted by molar-refractivity contribution is 7.40. The molecule has 0 saturated carbocycles. The lowest BCUT2D eigenvalue weighted by atomic mass is 10.2. The smallest absolute Gasteiger partial charge is 0.478 e. The van der Waals surface area contributed by atoms with Crippen LogP contribution in [-0.4, -0.2) is 36.5 Å². The summed E-state index contributed by atoms with van der Waals surface area (Å²) in [5.41, 5.74) is 0.939. The van der Waals surface area contributed by atoms with Gasteiger partial charge in [-0.25, -0.2) is 9.59 Å². The first-order chi connectivity index (χ1) is 11.6. The Labute approximate surface area is 142 Å². The maximum absolute atomic E-state index is 11.5. The summed E-state index contributed by atoms with van der Waals surface area (Å²) in [5, 5.41) is 11.1. The summed E-state index contributed by atoms with van der Waals surface area (Å²) < 4.78 is 21.1. The van der Waals surface area contributed by atoms with E-state index in [-0.39, 0.29) is 13.2 Å². The van der Waals surface area contributed by atoms with Crippen LogP contribution in [0.25, 0.3) is 0 Å². The number of unbranched alkanes of at least 4 members (excludes halogenated alkanes) is 3. The first-order valence-electron chi connectivity index (χ1n) is 7.82. The van der Waals surface area contributed by atoms with Gasteiger partial charge in [-0.15, -0.1) is 4.52 Å². The molecule has 0 aliphatic carbocycles. The third-order valence-corrected chi connectivity index (χ3v) is 4.05. The average Bonchev–Trinajstić information content (AvgIpc) is 2.55. The zero-order valence-electron chi connectivity index (χ0n) is 13.5. The van der Waals surface area contributed by atoms with E-state index in [1.807, 2.05) is 30.3 Å². The van der Waals surface area contributed by atoms with Gasteiger partial charge in [0.05, 0.1) is 0 Å². The molecule has 1 rings (SSSR count). The predicted octanol–water partition coefficient (Wildman–Crippen LogP) is 3.32. The molecule has 0 heterocycles. The molecule has 1 amide bonds. The Kier molecular flexibility index (Phi) is 10.4. The van der Waals surface area contributed by atoms with Gasteiger partial charge in [0, 0.05) is 6.54 Å². The van der Waals surface area contributed by atoms with Gasteiger partial charge >= 0.3 is 20.1 Å². The molecule has 7 nitrogen and oxygen atoms in total. The molecule has 24 heavy (non-hydrogen) atoms. The van der Waals surface area contributed by atoms with Crippen molar-refractivity contribution < 1.29 is 28.5 Å². The molecule has 0 bridgehead atoms. The topological polar surface area (TPSA) is 102 Å². The third kappa shape index (κ3) is 10.7. The van der Waals surface area contributed by atoms with Crippen LogP contribution in [0.5, 0.6) is 0 Å². The molecule has 1 atom stereocenters. The van der Waals surface area contributed by atoms with Gasteiger partial charge < -0.3 is 15.2 Å². The summed E-state index contributed by atoms with van der Waals surface area (Å²) in [6.45, 7) is 1.06. The summed E-state index contributed by atoms with van der Waals surface area (Å²) >= 11 is 0. The van der Waals surface area contributed by atoms with Crippen molar-refractivity contribution in [1.82, 2.24) is 5.32 Å². The number of nitrogens with one attached hydrogen (secondary N) is 1. The second-order valence-corrected chi connectivity index (χ2v) is 6.36. The molecular weight excluding hydrogens is 333 g/mol. The van der Waals surface area contributed by atoms with Gasteiger partial charge in [0.2, 0.25) is 0 Å².